The molecule has 3 fully saturated rings. The molecule has 0 radical (unpaired) electrons. The Morgan fingerprint density at radius 2 is 1.65 bits per heavy atom. The van der Waals surface area contributed by atoms with Crippen molar-refractivity contribution in [3.63, 3.8) is 0 Å². The van der Waals surface area contributed by atoms with Crippen molar-refractivity contribution in [2.45, 2.75) is 73.0 Å². The monoisotopic (exact) mass is 1080 g/mol. The van der Waals surface area contributed by atoms with Crippen LogP contribution in [0.2, 0.25) is 15.1 Å². The van der Waals surface area contributed by atoms with E-state index < -0.39 is 0 Å². The van der Waals surface area contributed by atoms with Gasteiger partial charge in [0, 0.05) is 86.7 Å². The van der Waals surface area contributed by atoms with E-state index in [2.05, 4.69) is 81.2 Å². The molecule has 0 unspecified atom stereocenters. The maximum Gasteiger partial charge on any atom is 1.00 e. The number of anilines is 1. The van der Waals surface area contributed by atoms with E-state index in [-0.39, 0.29) is 80.7 Å². The van der Waals surface area contributed by atoms with Gasteiger partial charge in [0.15, 0.2) is 5.82 Å². The van der Waals surface area contributed by atoms with Crippen molar-refractivity contribution in [1.29, 1.82) is 0 Å². The molecule has 3 aromatic heterocycles. The van der Waals surface area contributed by atoms with E-state index >= 15 is 0 Å². The number of aromatic nitrogens is 5. The van der Waals surface area contributed by atoms with Gasteiger partial charge in [-0.1, -0.05) is 34.8 Å². The van der Waals surface area contributed by atoms with E-state index in [0.717, 1.165) is 105 Å². The minimum absolute atomic E-state index is 0. The third-order valence-corrected chi connectivity index (χ3v) is 14.3. The summed E-state index contributed by atoms with van der Waals surface area (Å²) in [5.74, 6) is 3.93. The van der Waals surface area contributed by atoms with Crippen LogP contribution in [0, 0.1) is 27.7 Å². The summed E-state index contributed by atoms with van der Waals surface area (Å²) in [5.41, 5.74) is 9.70. The minimum Gasteiger partial charge on any atom is -0.349 e. The third-order valence-electron chi connectivity index (χ3n) is 12.1. The summed E-state index contributed by atoms with van der Waals surface area (Å²) in [7, 11) is 0. The van der Waals surface area contributed by atoms with Crippen molar-refractivity contribution in [1.82, 2.24) is 50.2 Å². The molecule has 336 valence electrons. The summed E-state index contributed by atoms with van der Waals surface area (Å²) in [6, 6.07) is 15.8. The van der Waals surface area contributed by atoms with Gasteiger partial charge >= 0.3 is 68.9 Å². The van der Waals surface area contributed by atoms with Crippen molar-refractivity contribution < 1.29 is 83.5 Å². The molecule has 4 aliphatic heterocycles. The predicted octanol–water partition coefficient (Wildman–Crippen LogP) is 2.12. The zero-order chi connectivity index (χ0) is 45.1. The van der Waals surface area contributed by atoms with Crippen LogP contribution in [-0.2, 0) is 22.7 Å². The van der Waals surface area contributed by atoms with Crippen molar-refractivity contribution in [3.05, 3.63) is 108 Å². The molecule has 2 aromatic carbocycles. The fourth-order valence-electron chi connectivity index (χ4n) is 8.57. The number of halogens is 3. The molecule has 3 saturated heterocycles. The van der Waals surface area contributed by atoms with E-state index in [1.165, 1.54) is 21.0 Å². The molecule has 20 heteroatoms. The Morgan fingerprint density at radius 1 is 0.908 bits per heavy atom. The Bertz CT molecular complexity index is 2590. The minimum atomic E-state index is -0.0163. The number of carbonyl (C=O) groups excluding carboxylic acids is 2. The summed E-state index contributed by atoms with van der Waals surface area (Å²) < 4.78 is 2.16. The maximum atomic E-state index is 12.7. The number of thiophene rings is 1. The Balaban J connectivity index is 0.000000221. The zero-order valence-corrected chi connectivity index (χ0v) is 47.1. The molecule has 2 amide bonds. The molecular weight excluding hydrogens is 1030 g/mol. The van der Waals surface area contributed by atoms with E-state index in [1.807, 2.05) is 48.0 Å². The van der Waals surface area contributed by atoms with Gasteiger partial charge < -0.3 is 10.2 Å². The van der Waals surface area contributed by atoms with Gasteiger partial charge in [-0.2, -0.15) is 0 Å². The number of benzene rings is 2. The largest absolute Gasteiger partial charge is 1.00 e. The van der Waals surface area contributed by atoms with Crippen LogP contribution in [0.15, 0.2) is 53.5 Å². The average Bonchev–Trinajstić information content (AvgIpc) is 3.95. The fourth-order valence-corrected chi connectivity index (χ4v) is 10.2. The quantitative estimate of drug-likeness (QED) is 0.211. The van der Waals surface area contributed by atoms with E-state index in [4.69, 9.17) is 34.8 Å². The summed E-state index contributed by atoms with van der Waals surface area (Å²) >= 11 is 20.0. The van der Waals surface area contributed by atoms with Crippen LogP contribution in [0.1, 0.15) is 70.9 Å². The van der Waals surface area contributed by atoms with E-state index in [9.17, 15) is 9.59 Å². The Labute approximate surface area is 457 Å². The molecule has 0 bridgehead atoms. The van der Waals surface area contributed by atoms with Crippen LogP contribution in [0.4, 0.5) is 11.5 Å². The smallest absolute Gasteiger partial charge is 0.349 e. The first-order valence-electron chi connectivity index (χ1n) is 21.6. The number of hydrazine groups is 1. The molecule has 65 heavy (non-hydrogen) atoms. The number of rotatable bonds is 8. The molecule has 0 spiro atoms. The van der Waals surface area contributed by atoms with Gasteiger partial charge in [0.2, 0.25) is 29.9 Å². The number of amidine groups is 1. The number of hydrogen-bond acceptors (Lipinski definition) is 11. The fraction of sp³-hybridized carbons (Fsp3) is 0.422. The number of aryl methyl sites for hydroxylation is 3. The number of fused-ring (bicyclic) bond motifs is 3. The molecule has 0 aliphatic carbocycles. The number of nitrogens with one attached hydrogen (secondary N) is 3. The van der Waals surface area contributed by atoms with E-state index in [0.29, 0.717) is 53.1 Å². The van der Waals surface area contributed by atoms with Gasteiger partial charge in [0.1, 0.15) is 22.5 Å². The summed E-state index contributed by atoms with van der Waals surface area (Å²) in [6.07, 6.45) is 2.80. The van der Waals surface area contributed by atoms with Crippen molar-refractivity contribution in [3.8, 4) is 5.00 Å². The Morgan fingerprint density at radius 3 is 2.35 bits per heavy atom. The van der Waals surface area contributed by atoms with Gasteiger partial charge in [-0.3, -0.25) is 34.4 Å². The van der Waals surface area contributed by atoms with Crippen LogP contribution in [0.25, 0.3) is 5.00 Å². The second-order valence-corrected chi connectivity index (χ2v) is 18.9. The Hall–Kier alpha value is -2.92. The molecule has 0 saturated carbocycles. The standard InChI is InChI=1S/C28H37Cl2N9O2.C17H15ClN4S.Cs/c1-19-32-21(15-27(33-19)34-26-7-10-39(35-26)23-3-4-24(29)25(30)16-23)17-31-28(41)18-36-8-5-22(6-9-36)38-13-11-37(12-14-38)20(2)40;1-9-10(2)23-17-15(9)16(12-4-6-13(18)7-5-12)19-8-14-21-20-11(3)22(14)17;/h3-4,15-16,22H,5-14,17-18H2,1-2H3,(H,31,41)(H,32,33,34,35);4-7H,8H2,1-3H3;/q;;+1/p+1. The number of likely N-dealkylation sites (tertiary alicyclic amines) is 1. The number of carbonyl (C=O) groups is 2. The molecule has 9 rings (SSSR count). The first-order chi connectivity index (χ1) is 30.8. The number of piperazine rings is 1. The van der Waals surface area contributed by atoms with Crippen LogP contribution in [0.3, 0.4) is 0 Å². The molecule has 0 atom stereocenters. The summed E-state index contributed by atoms with van der Waals surface area (Å²) in [4.78, 5) is 49.4. The van der Waals surface area contributed by atoms with Gasteiger partial charge in [-0.05, 0) is 88.6 Å². The average molecular weight is 1080 g/mol. The van der Waals surface area contributed by atoms with Crippen LogP contribution < -0.4 is 89.6 Å². The SMILES string of the molecule is CC(=O)N1CCN(C2CCN(CC(=O)NCc3cc(N=C4CCN(c5ccc(Cl)c(Cl)c5)N4)nc(C)n3)CC2)CC1.Cc1sc2c(c1C)C(c1ccc(Cl)cc1)=[NH+]Cc1nnc(C)n1-2.[Cs+]. The third kappa shape index (κ3) is 12.2. The Kier molecular flexibility index (Phi) is 17.3. The van der Waals surface area contributed by atoms with Gasteiger partial charge in [-0.15, -0.1) is 21.5 Å². The number of nitrogens with zero attached hydrogens (tertiary/aromatic N) is 10. The summed E-state index contributed by atoms with van der Waals surface area (Å²) in [6.45, 7) is 17.1. The molecule has 5 aromatic rings. The van der Waals surface area contributed by atoms with Crippen LogP contribution >= 0.6 is 46.1 Å². The topological polar surface area (TPSA) is 154 Å². The molecule has 7 heterocycles. The number of hydrogen-bond donors (Lipinski definition) is 3. The van der Waals surface area contributed by atoms with Crippen molar-refractivity contribution in [2.24, 2.45) is 4.99 Å². The second kappa shape index (κ2) is 22.5. The first kappa shape index (κ1) is 50.0. The van der Waals surface area contributed by atoms with Crippen molar-refractivity contribution >= 4 is 81.0 Å². The van der Waals surface area contributed by atoms with Crippen molar-refractivity contribution in [2.75, 3.05) is 57.4 Å². The van der Waals surface area contributed by atoms with Gasteiger partial charge in [0.05, 0.1) is 40.1 Å². The molecule has 4 aliphatic rings. The molecule has 3 N–H and O–H groups in total. The molecule has 15 nitrogen and oxygen atoms in total. The van der Waals surface area contributed by atoms with Crippen LogP contribution in [-0.4, -0.2) is 121 Å². The molecular formula is C45H53Cl3CsN13O2S+2. The van der Waals surface area contributed by atoms with Gasteiger partial charge in [-0.25, -0.2) is 20.0 Å². The number of aliphatic imine (C=N–C) groups is 1. The number of piperidine rings is 1. The second-order valence-electron chi connectivity index (χ2n) is 16.5. The summed E-state index contributed by atoms with van der Waals surface area (Å²) in [5, 5.41) is 16.5. The van der Waals surface area contributed by atoms with Crippen LogP contribution in [0.5, 0.6) is 0 Å². The number of amides is 2. The normalized spacial score (nSPS) is 17.3. The van der Waals surface area contributed by atoms with E-state index in [1.54, 1.807) is 30.4 Å². The maximum absolute atomic E-state index is 12.7. The zero-order valence-electron chi connectivity index (χ0n) is 37.7. The predicted molar refractivity (Wildman–Crippen MR) is 253 cm³/mol. The first-order valence-corrected chi connectivity index (χ1v) is 23.5. The van der Waals surface area contributed by atoms with Gasteiger partial charge in [0.25, 0.3) is 0 Å².